The number of rotatable bonds is 3. The van der Waals surface area contributed by atoms with Crippen LogP contribution in [-0.2, 0) is 6.42 Å². The quantitative estimate of drug-likeness (QED) is 0.554. The number of hydrogen-bond donors (Lipinski definition) is 0. The predicted octanol–water partition coefficient (Wildman–Crippen LogP) is 5.57. The van der Waals surface area contributed by atoms with Gasteiger partial charge in [0.1, 0.15) is 0 Å². The molecule has 0 saturated carbocycles. The first-order chi connectivity index (χ1) is 14.2. The first-order valence-electron chi connectivity index (χ1n) is 10.4. The van der Waals surface area contributed by atoms with Gasteiger partial charge in [-0.15, -0.1) is 0 Å². The fourth-order valence-corrected chi connectivity index (χ4v) is 5.16. The van der Waals surface area contributed by atoms with Crippen LogP contribution in [0, 0.1) is 5.92 Å². The summed E-state index contributed by atoms with van der Waals surface area (Å²) in [6.07, 6.45) is 2.05. The third kappa shape index (κ3) is 3.09. The lowest BCUT2D eigenvalue weighted by Gasteiger charge is -2.43. The summed E-state index contributed by atoms with van der Waals surface area (Å²) in [5.41, 5.74) is 7.56. The highest BCUT2D eigenvalue weighted by molar-refractivity contribution is 5.99. The molecule has 2 aliphatic rings. The van der Waals surface area contributed by atoms with Crippen molar-refractivity contribution in [2.75, 3.05) is 13.6 Å². The van der Waals surface area contributed by atoms with Gasteiger partial charge in [-0.3, -0.25) is 4.79 Å². The monoisotopic (exact) mass is 379 g/mol. The van der Waals surface area contributed by atoms with Crippen LogP contribution in [-0.4, -0.2) is 24.3 Å². The van der Waals surface area contributed by atoms with Gasteiger partial charge in [0.25, 0.3) is 0 Å². The number of allylic oxidation sites excluding steroid dienone is 1. The molecule has 0 radical (unpaired) electrons. The van der Waals surface area contributed by atoms with E-state index in [9.17, 15) is 4.79 Å². The second-order valence-electron chi connectivity index (χ2n) is 8.14. The zero-order valence-corrected chi connectivity index (χ0v) is 16.7. The molecule has 5 rings (SSSR count). The van der Waals surface area contributed by atoms with Gasteiger partial charge >= 0.3 is 0 Å². The molecule has 2 atom stereocenters. The van der Waals surface area contributed by atoms with E-state index in [-0.39, 0.29) is 17.6 Å². The SMILES string of the molecule is CN1CC(C(=O)c2ccccc2)C(c2ccccc2)C2=C1c1ccccc1CC2. The molecular weight excluding hydrogens is 354 g/mol. The highest BCUT2D eigenvalue weighted by atomic mass is 16.1. The summed E-state index contributed by atoms with van der Waals surface area (Å²) in [7, 11) is 2.14. The molecule has 3 aromatic carbocycles. The van der Waals surface area contributed by atoms with Crippen molar-refractivity contribution in [3.63, 3.8) is 0 Å². The Morgan fingerprint density at radius 3 is 2.24 bits per heavy atom. The number of carbonyl (C=O) groups is 1. The van der Waals surface area contributed by atoms with E-state index in [2.05, 4.69) is 66.5 Å². The van der Waals surface area contributed by atoms with Gasteiger partial charge in [-0.25, -0.2) is 0 Å². The third-order valence-electron chi connectivity index (χ3n) is 6.42. The van der Waals surface area contributed by atoms with E-state index in [1.165, 1.54) is 28.0 Å². The smallest absolute Gasteiger partial charge is 0.168 e. The molecule has 0 N–H and O–H groups in total. The van der Waals surface area contributed by atoms with Gasteiger partial charge in [0.15, 0.2) is 5.78 Å². The Hall–Kier alpha value is -3.13. The number of carbonyl (C=O) groups excluding carboxylic acids is 1. The molecule has 0 bridgehead atoms. The topological polar surface area (TPSA) is 20.3 Å². The lowest BCUT2D eigenvalue weighted by molar-refractivity contribution is 0.0879. The predicted molar refractivity (Wildman–Crippen MR) is 118 cm³/mol. The van der Waals surface area contributed by atoms with E-state index < -0.39 is 0 Å². The lowest BCUT2D eigenvalue weighted by Crippen LogP contribution is -2.41. The molecule has 1 heterocycles. The minimum Gasteiger partial charge on any atom is -0.373 e. The molecule has 144 valence electrons. The molecule has 29 heavy (non-hydrogen) atoms. The van der Waals surface area contributed by atoms with E-state index in [1.807, 2.05) is 30.3 Å². The highest BCUT2D eigenvalue weighted by Gasteiger charge is 2.41. The normalized spacial score (nSPS) is 20.8. The lowest BCUT2D eigenvalue weighted by atomic mass is 9.69. The van der Waals surface area contributed by atoms with Crippen LogP contribution in [0.4, 0.5) is 0 Å². The minimum absolute atomic E-state index is 0.0752. The molecule has 1 aliphatic heterocycles. The molecule has 0 fully saturated rings. The summed E-state index contributed by atoms with van der Waals surface area (Å²) >= 11 is 0. The summed E-state index contributed by atoms with van der Waals surface area (Å²) in [6, 6.07) is 29.1. The molecule has 1 aliphatic carbocycles. The van der Waals surface area contributed by atoms with Crippen LogP contribution in [0.3, 0.4) is 0 Å². The van der Waals surface area contributed by atoms with E-state index in [0.717, 1.165) is 24.9 Å². The number of aryl methyl sites for hydroxylation is 1. The van der Waals surface area contributed by atoms with Gasteiger partial charge in [-0.2, -0.15) is 0 Å². The zero-order valence-electron chi connectivity index (χ0n) is 16.7. The van der Waals surface area contributed by atoms with Crippen molar-refractivity contribution < 1.29 is 4.79 Å². The van der Waals surface area contributed by atoms with Crippen molar-refractivity contribution in [3.05, 3.63) is 113 Å². The van der Waals surface area contributed by atoms with Gasteiger partial charge in [-0.1, -0.05) is 84.9 Å². The van der Waals surface area contributed by atoms with E-state index in [1.54, 1.807) is 0 Å². The molecule has 3 aromatic rings. The first-order valence-corrected chi connectivity index (χ1v) is 10.4. The maximum absolute atomic E-state index is 13.6. The fourth-order valence-electron chi connectivity index (χ4n) is 5.16. The van der Waals surface area contributed by atoms with Crippen LogP contribution >= 0.6 is 0 Å². The van der Waals surface area contributed by atoms with Crippen molar-refractivity contribution in [2.24, 2.45) is 5.92 Å². The molecular formula is C27H25NO. The Morgan fingerprint density at radius 1 is 0.828 bits per heavy atom. The second-order valence-corrected chi connectivity index (χ2v) is 8.14. The Balaban J connectivity index is 1.67. The van der Waals surface area contributed by atoms with Gasteiger partial charge in [-0.05, 0) is 29.5 Å². The highest BCUT2D eigenvalue weighted by Crippen LogP contribution is 2.48. The average Bonchev–Trinajstić information content (AvgIpc) is 2.79. The number of hydrogen-bond acceptors (Lipinski definition) is 2. The largest absolute Gasteiger partial charge is 0.373 e. The summed E-state index contributed by atoms with van der Waals surface area (Å²) < 4.78 is 0. The Bertz CT molecular complexity index is 1070. The van der Waals surface area contributed by atoms with Crippen molar-refractivity contribution in [2.45, 2.75) is 18.8 Å². The average molecular weight is 380 g/mol. The number of fused-ring (bicyclic) bond motifs is 2. The second kappa shape index (κ2) is 7.36. The van der Waals surface area contributed by atoms with Crippen LogP contribution in [0.15, 0.2) is 90.5 Å². The van der Waals surface area contributed by atoms with Crippen molar-refractivity contribution in [1.29, 1.82) is 0 Å². The van der Waals surface area contributed by atoms with Crippen molar-refractivity contribution in [3.8, 4) is 0 Å². The van der Waals surface area contributed by atoms with Crippen LogP contribution < -0.4 is 0 Å². The fraction of sp³-hybridized carbons (Fsp3) is 0.222. The van der Waals surface area contributed by atoms with Crippen LogP contribution in [0.2, 0.25) is 0 Å². The van der Waals surface area contributed by atoms with Crippen LogP contribution in [0.1, 0.15) is 39.4 Å². The van der Waals surface area contributed by atoms with E-state index in [0.29, 0.717) is 0 Å². The molecule has 0 amide bonds. The Morgan fingerprint density at radius 2 is 1.48 bits per heavy atom. The first kappa shape index (κ1) is 17.9. The van der Waals surface area contributed by atoms with Gasteiger partial charge in [0.05, 0.1) is 5.92 Å². The number of ketones is 1. The van der Waals surface area contributed by atoms with E-state index >= 15 is 0 Å². The third-order valence-corrected chi connectivity index (χ3v) is 6.42. The molecule has 0 aromatic heterocycles. The zero-order chi connectivity index (χ0) is 19.8. The Kier molecular flexibility index (Phi) is 4.55. The summed E-state index contributed by atoms with van der Waals surface area (Å²) in [5, 5.41) is 0. The van der Waals surface area contributed by atoms with E-state index in [4.69, 9.17) is 0 Å². The number of Topliss-reactive ketones (excluding diaryl/α,β-unsaturated/α-hetero) is 1. The van der Waals surface area contributed by atoms with Crippen LogP contribution in [0.25, 0.3) is 5.70 Å². The maximum Gasteiger partial charge on any atom is 0.168 e. The standard InChI is InChI=1S/C27H25NO/c1-28-18-24(27(29)21-13-6-3-7-14-21)25(20-11-4-2-5-12-20)23-17-16-19-10-8-9-15-22(19)26(23)28/h2-15,24-25H,16-18H2,1H3. The Labute approximate surface area is 172 Å². The molecule has 2 unspecified atom stereocenters. The van der Waals surface area contributed by atoms with Gasteiger partial charge in [0.2, 0.25) is 0 Å². The molecule has 0 spiro atoms. The maximum atomic E-state index is 13.6. The number of nitrogens with zero attached hydrogens (tertiary/aromatic N) is 1. The number of benzene rings is 3. The van der Waals surface area contributed by atoms with Crippen molar-refractivity contribution >= 4 is 11.5 Å². The molecule has 0 saturated heterocycles. The summed E-state index contributed by atoms with van der Waals surface area (Å²) in [4.78, 5) is 15.9. The minimum atomic E-state index is -0.0752. The molecule has 2 heteroatoms. The summed E-state index contributed by atoms with van der Waals surface area (Å²) in [5.74, 6) is 0.300. The van der Waals surface area contributed by atoms with Crippen LogP contribution in [0.5, 0.6) is 0 Å². The summed E-state index contributed by atoms with van der Waals surface area (Å²) in [6.45, 7) is 0.737. The van der Waals surface area contributed by atoms with Crippen molar-refractivity contribution in [1.82, 2.24) is 4.90 Å². The van der Waals surface area contributed by atoms with Gasteiger partial charge < -0.3 is 4.90 Å². The molecule has 2 nitrogen and oxygen atoms in total. The van der Waals surface area contributed by atoms with Gasteiger partial charge in [0, 0.05) is 36.3 Å².